The van der Waals surface area contributed by atoms with Gasteiger partial charge in [-0.1, -0.05) is 18.2 Å². The lowest BCUT2D eigenvalue weighted by Gasteiger charge is -2.13. The molecule has 0 radical (unpaired) electrons. The van der Waals surface area contributed by atoms with E-state index in [4.69, 9.17) is 0 Å². The van der Waals surface area contributed by atoms with Crippen LogP contribution in [0.2, 0.25) is 0 Å². The summed E-state index contributed by atoms with van der Waals surface area (Å²) in [4.78, 5) is 13.5. The molecule has 2 atom stereocenters. The number of halogens is 1. The molecule has 2 heterocycles. The van der Waals surface area contributed by atoms with Gasteiger partial charge >= 0.3 is 0 Å². The molecule has 1 aromatic carbocycles. The molecule has 20 heavy (non-hydrogen) atoms. The molecule has 3 rings (SSSR count). The second kappa shape index (κ2) is 7.34. The molecule has 1 amide bonds. The van der Waals surface area contributed by atoms with Crippen LogP contribution in [-0.4, -0.2) is 31.3 Å². The average Bonchev–Trinajstić information content (AvgIpc) is 3.07. The van der Waals surface area contributed by atoms with Crippen molar-refractivity contribution in [1.29, 1.82) is 0 Å². The smallest absolute Gasteiger partial charge is 0.228 e. The molecule has 1 saturated heterocycles. The molecule has 5 heteroatoms. The number of rotatable bonds is 4. The Morgan fingerprint density at radius 3 is 3.05 bits per heavy atom. The number of carbonyl (C=O) groups excluding carboxylic acids is 1. The molecule has 2 aliphatic rings. The van der Waals surface area contributed by atoms with Crippen LogP contribution < -0.4 is 10.6 Å². The molecular weight excluding hydrogens is 292 g/mol. The molecule has 2 aliphatic heterocycles. The Hall–Kier alpha value is -0.710. The molecule has 1 aromatic rings. The summed E-state index contributed by atoms with van der Waals surface area (Å²) in [5, 5.41) is 6.47. The zero-order valence-corrected chi connectivity index (χ0v) is 13.1. The van der Waals surface area contributed by atoms with Gasteiger partial charge in [0.15, 0.2) is 0 Å². The molecule has 0 aliphatic carbocycles. The van der Waals surface area contributed by atoms with Crippen LogP contribution in [0.25, 0.3) is 0 Å². The minimum atomic E-state index is 0. The Morgan fingerprint density at radius 2 is 2.25 bits per heavy atom. The van der Waals surface area contributed by atoms with Crippen LogP contribution in [0, 0.1) is 5.92 Å². The quantitative estimate of drug-likeness (QED) is 0.897. The van der Waals surface area contributed by atoms with E-state index in [-0.39, 0.29) is 24.2 Å². The highest BCUT2D eigenvalue weighted by molar-refractivity contribution is 7.99. The van der Waals surface area contributed by atoms with Crippen molar-refractivity contribution in [3.8, 4) is 0 Å². The van der Waals surface area contributed by atoms with Gasteiger partial charge in [-0.25, -0.2) is 0 Å². The van der Waals surface area contributed by atoms with Crippen molar-refractivity contribution in [3.05, 3.63) is 29.8 Å². The van der Waals surface area contributed by atoms with Crippen LogP contribution in [0.4, 0.5) is 0 Å². The van der Waals surface area contributed by atoms with Crippen molar-refractivity contribution in [2.75, 3.05) is 25.4 Å². The van der Waals surface area contributed by atoms with Gasteiger partial charge in [-0.2, -0.15) is 0 Å². The van der Waals surface area contributed by atoms with Crippen molar-refractivity contribution in [1.82, 2.24) is 10.6 Å². The Balaban J connectivity index is 0.00000147. The maximum Gasteiger partial charge on any atom is 0.228 e. The summed E-state index contributed by atoms with van der Waals surface area (Å²) in [7, 11) is 0. The molecular formula is C15H21ClN2OS. The largest absolute Gasteiger partial charge is 0.356 e. The normalized spacial score (nSPS) is 24.0. The molecule has 0 spiro atoms. The van der Waals surface area contributed by atoms with E-state index in [0.717, 1.165) is 37.7 Å². The van der Waals surface area contributed by atoms with E-state index >= 15 is 0 Å². The molecule has 3 nitrogen and oxygen atoms in total. The number of hydrogen-bond acceptors (Lipinski definition) is 3. The first kappa shape index (κ1) is 15.7. The van der Waals surface area contributed by atoms with Crippen LogP contribution >= 0.6 is 24.2 Å². The monoisotopic (exact) mass is 312 g/mol. The van der Waals surface area contributed by atoms with Crippen molar-refractivity contribution in [3.63, 3.8) is 0 Å². The first-order chi connectivity index (χ1) is 9.34. The molecule has 110 valence electrons. The van der Waals surface area contributed by atoms with Crippen LogP contribution in [0.15, 0.2) is 29.2 Å². The van der Waals surface area contributed by atoms with E-state index in [1.807, 2.05) is 12.1 Å². The zero-order chi connectivity index (χ0) is 13.1. The first-order valence-electron chi connectivity index (χ1n) is 7.05. The van der Waals surface area contributed by atoms with Crippen molar-refractivity contribution in [2.45, 2.75) is 23.7 Å². The lowest BCUT2D eigenvalue weighted by Crippen LogP contribution is -2.31. The minimum Gasteiger partial charge on any atom is -0.356 e. The van der Waals surface area contributed by atoms with Crippen molar-refractivity contribution >= 4 is 30.1 Å². The molecule has 0 saturated carbocycles. The fraction of sp³-hybridized carbons (Fsp3) is 0.533. The molecule has 2 N–H and O–H groups in total. The van der Waals surface area contributed by atoms with Gasteiger partial charge < -0.3 is 10.6 Å². The Bertz CT molecular complexity index is 463. The fourth-order valence-electron chi connectivity index (χ4n) is 2.86. The van der Waals surface area contributed by atoms with E-state index in [1.165, 1.54) is 16.9 Å². The van der Waals surface area contributed by atoms with E-state index in [1.54, 1.807) is 11.8 Å². The van der Waals surface area contributed by atoms with E-state index < -0.39 is 0 Å². The summed E-state index contributed by atoms with van der Waals surface area (Å²) >= 11 is 1.79. The predicted octanol–water partition coefficient (Wildman–Crippen LogP) is 2.41. The maximum atomic E-state index is 12.2. The fourth-order valence-corrected chi connectivity index (χ4v) is 4.09. The maximum absolute atomic E-state index is 12.2. The zero-order valence-electron chi connectivity index (χ0n) is 11.4. The van der Waals surface area contributed by atoms with Gasteiger partial charge in [0.1, 0.15) is 0 Å². The van der Waals surface area contributed by atoms with Gasteiger partial charge in [-0.15, -0.1) is 24.2 Å². The lowest BCUT2D eigenvalue weighted by atomic mass is 10.00. The Labute approximate surface area is 130 Å². The summed E-state index contributed by atoms with van der Waals surface area (Å²) in [5.74, 6) is 1.87. The summed E-state index contributed by atoms with van der Waals surface area (Å²) in [5.41, 5.74) is 1.20. The van der Waals surface area contributed by atoms with E-state index in [0.29, 0.717) is 0 Å². The van der Waals surface area contributed by atoms with E-state index in [2.05, 4.69) is 22.8 Å². The Kier molecular flexibility index (Phi) is 5.75. The van der Waals surface area contributed by atoms with Gasteiger partial charge in [-0.3, -0.25) is 4.79 Å². The first-order valence-corrected chi connectivity index (χ1v) is 8.03. The van der Waals surface area contributed by atoms with Gasteiger partial charge in [-0.05, 0) is 43.5 Å². The van der Waals surface area contributed by atoms with Crippen LogP contribution in [0.1, 0.15) is 24.3 Å². The summed E-state index contributed by atoms with van der Waals surface area (Å²) < 4.78 is 0. The summed E-state index contributed by atoms with van der Waals surface area (Å²) in [6.07, 6.45) is 2.35. The number of thioether (sulfide) groups is 1. The summed E-state index contributed by atoms with van der Waals surface area (Å²) in [6.45, 7) is 3.05. The molecule has 0 aromatic heterocycles. The number of amides is 1. The number of hydrogen-bond donors (Lipinski definition) is 2. The number of carbonyl (C=O) groups is 1. The van der Waals surface area contributed by atoms with Crippen LogP contribution in [0.3, 0.4) is 0 Å². The summed E-state index contributed by atoms with van der Waals surface area (Å²) in [6, 6.07) is 8.26. The van der Waals surface area contributed by atoms with Crippen molar-refractivity contribution < 1.29 is 4.79 Å². The highest BCUT2D eigenvalue weighted by Gasteiger charge is 2.28. The predicted molar refractivity (Wildman–Crippen MR) is 85.8 cm³/mol. The number of nitrogens with one attached hydrogen (secondary N) is 2. The number of benzene rings is 1. The van der Waals surface area contributed by atoms with E-state index in [9.17, 15) is 4.79 Å². The van der Waals surface area contributed by atoms with Gasteiger partial charge in [0, 0.05) is 17.2 Å². The topological polar surface area (TPSA) is 41.1 Å². The van der Waals surface area contributed by atoms with Gasteiger partial charge in [0.05, 0.1) is 5.92 Å². The second-order valence-electron chi connectivity index (χ2n) is 5.34. The third-order valence-electron chi connectivity index (χ3n) is 4.03. The highest BCUT2D eigenvalue weighted by Crippen LogP contribution is 2.39. The molecule has 1 fully saturated rings. The molecule has 0 bridgehead atoms. The third-order valence-corrected chi connectivity index (χ3v) is 5.21. The third kappa shape index (κ3) is 3.48. The second-order valence-corrected chi connectivity index (χ2v) is 6.40. The standard InChI is InChI=1S/C15H20N2OS.ClH/c18-15(17-8-6-11-5-7-16-9-11)13-10-19-14-4-2-1-3-12(13)14;/h1-4,11,13,16H,5-10H2,(H,17,18);1H. The average molecular weight is 313 g/mol. The SMILES string of the molecule is Cl.O=C(NCCC1CCNC1)C1CSc2ccccc21. The minimum absolute atomic E-state index is 0. The highest BCUT2D eigenvalue weighted by atomic mass is 35.5. The van der Waals surface area contributed by atoms with Crippen LogP contribution in [-0.2, 0) is 4.79 Å². The van der Waals surface area contributed by atoms with Gasteiger partial charge in [0.25, 0.3) is 0 Å². The number of fused-ring (bicyclic) bond motifs is 1. The van der Waals surface area contributed by atoms with Crippen LogP contribution in [0.5, 0.6) is 0 Å². The lowest BCUT2D eigenvalue weighted by molar-refractivity contribution is -0.122. The Morgan fingerprint density at radius 1 is 1.40 bits per heavy atom. The molecule has 2 unspecified atom stereocenters. The van der Waals surface area contributed by atoms with Gasteiger partial charge in [0.2, 0.25) is 5.91 Å². The van der Waals surface area contributed by atoms with Crippen molar-refractivity contribution in [2.24, 2.45) is 5.92 Å².